The van der Waals surface area contributed by atoms with Crippen molar-refractivity contribution in [1.82, 2.24) is 0 Å². The van der Waals surface area contributed by atoms with Crippen molar-refractivity contribution < 1.29 is 0 Å². The molecule has 0 spiro atoms. The molecule has 2 aromatic carbocycles. The lowest BCUT2D eigenvalue weighted by Crippen LogP contribution is -2.09. The van der Waals surface area contributed by atoms with Crippen molar-refractivity contribution in [3.8, 4) is 0 Å². The van der Waals surface area contributed by atoms with Crippen molar-refractivity contribution in [3.63, 3.8) is 0 Å². The maximum Gasteiger partial charge on any atom is 0.0478 e. The number of hydrogen-bond donors (Lipinski definition) is 1. The minimum absolute atomic E-state index is 0.266. The number of halogens is 2. The fourth-order valence-electron chi connectivity index (χ4n) is 1.65. The van der Waals surface area contributed by atoms with Crippen LogP contribution in [0.1, 0.15) is 10.8 Å². The second kappa shape index (κ2) is 6.75. The summed E-state index contributed by atoms with van der Waals surface area (Å²) in [4.78, 5) is 1.23. The summed E-state index contributed by atoms with van der Waals surface area (Å²) in [6, 6.07) is 16.6. The Morgan fingerprint density at radius 3 is 2.28 bits per heavy atom. The topological polar surface area (TPSA) is 26.0 Å². The summed E-state index contributed by atoms with van der Waals surface area (Å²) >= 11 is 8.82. The molecular formula is C14H13Br2NS. The molecule has 0 aliphatic carbocycles. The Kier molecular flexibility index (Phi) is 5.30. The summed E-state index contributed by atoms with van der Waals surface area (Å²) < 4.78 is 2.21. The third kappa shape index (κ3) is 3.60. The Balaban J connectivity index is 2.20. The molecule has 0 bridgehead atoms. The van der Waals surface area contributed by atoms with Gasteiger partial charge in [0.15, 0.2) is 0 Å². The van der Waals surface area contributed by atoms with E-state index in [1.807, 2.05) is 12.1 Å². The van der Waals surface area contributed by atoms with E-state index in [9.17, 15) is 0 Å². The minimum Gasteiger partial charge on any atom is -0.329 e. The Morgan fingerprint density at radius 1 is 1.00 bits per heavy atom. The van der Waals surface area contributed by atoms with Crippen molar-refractivity contribution in [3.05, 3.63) is 63.0 Å². The van der Waals surface area contributed by atoms with Crippen LogP contribution < -0.4 is 5.73 Å². The zero-order valence-corrected chi connectivity index (χ0v) is 13.6. The average Bonchev–Trinajstić information content (AvgIpc) is 2.39. The van der Waals surface area contributed by atoms with Crippen molar-refractivity contribution in [1.29, 1.82) is 0 Å². The highest BCUT2D eigenvalue weighted by atomic mass is 79.9. The summed E-state index contributed by atoms with van der Waals surface area (Å²) in [5, 5.41) is 0.266. The van der Waals surface area contributed by atoms with Crippen molar-refractivity contribution in [2.24, 2.45) is 5.73 Å². The summed E-state index contributed by atoms with van der Waals surface area (Å²) in [6.07, 6.45) is 0. The van der Waals surface area contributed by atoms with Crippen molar-refractivity contribution in [2.45, 2.75) is 10.1 Å². The van der Waals surface area contributed by atoms with E-state index in [1.165, 1.54) is 10.5 Å². The van der Waals surface area contributed by atoms with Gasteiger partial charge in [0.1, 0.15) is 0 Å². The largest absolute Gasteiger partial charge is 0.329 e. The first-order valence-electron chi connectivity index (χ1n) is 5.57. The van der Waals surface area contributed by atoms with Crippen LogP contribution in [0.3, 0.4) is 0 Å². The number of thioether (sulfide) groups is 1. The molecule has 0 saturated carbocycles. The number of hydrogen-bond acceptors (Lipinski definition) is 2. The van der Waals surface area contributed by atoms with Gasteiger partial charge in [-0.15, -0.1) is 11.8 Å². The van der Waals surface area contributed by atoms with Crippen molar-refractivity contribution >= 4 is 43.6 Å². The maximum absolute atomic E-state index is 5.90. The van der Waals surface area contributed by atoms with E-state index in [1.54, 1.807) is 11.8 Å². The van der Waals surface area contributed by atoms with Gasteiger partial charge in [0, 0.05) is 25.6 Å². The highest BCUT2D eigenvalue weighted by Crippen LogP contribution is 2.37. The highest BCUT2D eigenvalue weighted by molar-refractivity contribution is 9.10. The van der Waals surface area contributed by atoms with E-state index in [0.29, 0.717) is 6.54 Å². The second-order valence-corrected chi connectivity index (χ2v) is 6.86. The summed E-state index contributed by atoms with van der Waals surface area (Å²) in [5.74, 6) is 0. The van der Waals surface area contributed by atoms with Gasteiger partial charge in [-0.3, -0.25) is 0 Å². The summed E-state index contributed by atoms with van der Waals surface area (Å²) in [7, 11) is 0. The van der Waals surface area contributed by atoms with Crippen LogP contribution in [0.15, 0.2) is 62.4 Å². The first-order chi connectivity index (χ1) is 8.70. The standard InChI is InChI=1S/C14H13Br2NS/c15-10-5-7-11(8-6-10)18-14(9-17)12-3-1-2-4-13(12)16/h1-8,14H,9,17H2. The fourth-order valence-corrected chi connectivity index (χ4v) is 3.68. The van der Waals surface area contributed by atoms with Crippen LogP contribution in [0, 0.1) is 0 Å². The molecule has 94 valence electrons. The van der Waals surface area contributed by atoms with Crippen LogP contribution in [0.5, 0.6) is 0 Å². The van der Waals surface area contributed by atoms with Crippen LogP contribution in [-0.2, 0) is 0 Å². The van der Waals surface area contributed by atoms with E-state index >= 15 is 0 Å². The van der Waals surface area contributed by atoms with Crippen LogP contribution in [0.4, 0.5) is 0 Å². The predicted molar refractivity (Wildman–Crippen MR) is 85.9 cm³/mol. The summed E-state index contributed by atoms with van der Waals surface area (Å²) in [5.41, 5.74) is 7.14. The SMILES string of the molecule is NCC(Sc1ccc(Br)cc1)c1ccccc1Br. The van der Waals surface area contributed by atoms with Crippen LogP contribution in [0.25, 0.3) is 0 Å². The molecule has 0 aliphatic heterocycles. The molecule has 18 heavy (non-hydrogen) atoms. The van der Waals surface area contributed by atoms with Gasteiger partial charge in [0.2, 0.25) is 0 Å². The smallest absolute Gasteiger partial charge is 0.0478 e. The van der Waals surface area contributed by atoms with Crippen molar-refractivity contribution in [2.75, 3.05) is 6.54 Å². The lowest BCUT2D eigenvalue weighted by molar-refractivity contribution is 0.936. The zero-order chi connectivity index (χ0) is 13.0. The van der Waals surface area contributed by atoms with Gasteiger partial charge in [-0.25, -0.2) is 0 Å². The van der Waals surface area contributed by atoms with Gasteiger partial charge in [-0.1, -0.05) is 50.1 Å². The van der Waals surface area contributed by atoms with E-state index in [0.717, 1.165) is 8.95 Å². The monoisotopic (exact) mass is 385 g/mol. The van der Waals surface area contributed by atoms with Gasteiger partial charge in [-0.05, 0) is 35.9 Å². The lowest BCUT2D eigenvalue weighted by Gasteiger charge is -2.16. The Bertz CT molecular complexity index is 513. The molecule has 0 fully saturated rings. The molecule has 0 amide bonds. The Labute approximate surface area is 128 Å². The zero-order valence-electron chi connectivity index (χ0n) is 9.64. The highest BCUT2D eigenvalue weighted by Gasteiger charge is 2.13. The lowest BCUT2D eigenvalue weighted by atomic mass is 10.1. The molecule has 0 saturated heterocycles. The quantitative estimate of drug-likeness (QED) is 0.748. The molecule has 1 nitrogen and oxygen atoms in total. The fraction of sp³-hybridized carbons (Fsp3) is 0.143. The third-order valence-electron chi connectivity index (χ3n) is 2.56. The van der Waals surface area contributed by atoms with Crippen LogP contribution in [-0.4, -0.2) is 6.54 Å². The minimum atomic E-state index is 0.266. The van der Waals surface area contributed by atoms with E-state index in [4.69, 9.17) is 5.73 Å². The number of benzene rings is 2. The van der Waals surface area contributed by atoms with E-state index < -0.39 is 0 Å². The number of nitrogens with two attached hydrogens (primary N) is 1. The van der Waals surface area contributed by atoms with Crippen LogP contribution >= 0.6 is 43.6 Å². The molecule has 0 heterocycles. The molecule has 2 N–H and O–H groups in total. The van der Waals surface area contributed by atoms with Crippen LogP contribution in [0.2, 0.25) is 0 Å². The summed E-state index contributed by atoms with van der Waals surface area (Å²) in [6.45, 7) is 0.614. The normalized spacial score (nSPS) is 12.4. The van der Waals surface area contributed by atoms with E-state index in [-0.39, 0.29) is 5.25 Å². The van der Waals surface area contributed by atoms with Gasteiger partial charge >= 0.3 is 0 Å². The molecule has 1 unspecified atom stereocenters. The molecule has 0 aromatic heterocycles. The Hall–Kier alpha value is -0.290. The second-order valence-electron chi connectivity index (χ2n) is 3.82. The first kappa shape index (κ1) is 14.1. The van der Waals surface area contributed by atoms with Gasteiger partial charge in [-0.2, -0.15) is 0 Å². The Morgan fingerprint density at radius 2 is 1.67 bits per heavy atom. The molecule has 2 rings (SSSR count). The van der Waals surface area contributed by atoms with Gasteiger partial charge in [0.25, 0.3) is 0 Å². The van der Waals surface area contributed by atoms with Gasteiger partial charge < -0.3 is 5.73 Å². The number of rotatable bonds is 4. The predicted octanol–water partition coefficient (Wildman–Crippen LogP) is 5.00. The molecule has 0 radical (unpaired) electrons. The molecular weight excluding hydrogens is 374 g/mol. The average molecular weight is 387 g/mol. The molecule has 2 aromatic rings. The first-order valence-corrected chi connectivity index (χ1v) is 8.04. The third-order valence-corrected chi connectivity index (χ3v) is 5.08. The molecule has 0 aliphatic rings. The molecule has 1 atom stereocenters. The van der Waals surface area contributed by atoms with E-state index in [2.05, 4.69) is 68.3 Å². The molecule has 4 heteroatoms. The maximum atomic E-state index is 5.90. The van der Waals surface area contributed by atoms with Gasteiger partial charge in [0.05, 0.1) is 0 Å².